The van der Waals surface area contributed by atoms with Crippen LogP contribution in [-0.4, -0.2) is 20.4 Å². The summed E-state index contributed by atoms with van der Waals surface area (Å²) in [6, 6.07) is 10.4. The Morgan fingerprint density at radius 1 is 1.20 bits per heavy atom. The van der Waals surface area contributed by atoms with E-state index in [4.69, 9.17) is 4.42 Å². The van der Waals surface area contributed by atoms with E-state index in [1.807, 2.05) is 32.0 Å². The van der Waals surface area contributed by atoms with Crippen molar-refractivity contribution in [2.75, 3.05) is 5.32 Å². The van der Waals surface area contributed by atoms with Crippen LogP contribution in [0.1, 0.15) is 24.1 Å². The van der Waals surface area contributed by atoms with Crippen molar-refractivity contribution in [3.05, 3.63) is 59.5 Å². The fourth-order valence-corrected chi connectivity index (χ4v) is 2.80. The summed E-state index contributed by atoms with van der Waals surface area (Å²) in [4.78, 5) is 0. The Morgan fingerprint density at radius 3 is 2.92 bits per heavy atom. The molecule has 0 radical (unpaired) electrons. The van der Waals surface area contributed by atoms with Gasteiger partial charge in [-0.15, -0.1) is 5.10 Å². The van der Waals surface area contributed by atoms with E-state index in [-0.39, 0.29) is 17.9 Å². The lowest BCUT2D eigenvalue weighted by molar-refractivity contribution is 0.572. The van der Waals surface area contributed by atoms with Crippen LogP contribution in [0.2, 0.25) is 0 Å². The molecular formula is C18H16FN5O. The van der Waals surface area contributed by atoms with Crippen LogP contribution in [0.15, 0.2) is 47.0 Å². The molecule has 0 spiro atoms. The molecule has 0 aliphatic rings. The number of hydrogen-bond donors (Lipinski definition) is 2. The van der Waals surface area contributed by atoms with Gasteiger partial charge in [0.25, 0.3) is 0 Å². The minimum Gasteiger partial charge on any atom is -0.403 e. The van der Waals surface area contributed by atoms with Crippen molar-refractivity contribution in [1.29, 1.82) is 0 Å². The molecule has 2 N–H and O–H groups in total. The van der Waals surface area contributed by atoms with Crippen molar-refractivity contribution in [2.45, 2.75) is 19.9 Å². The van der Waals surface area contributed by atoms with Crippen LogP contribution in [0.4, 0.5) is 10.4 Å². The molecule has 0 saturated carbocycles. The van der Waals surface area contributed by atoms with E-state index < -0.39 is 0 Å². The lowest BCUT2D eigenvalue weighted by Crippen LogP contribution is -2.07. The second kappa shape index (κ2) is 6.01. The highest BCUT2D eigenvalue weighted by molar-refractivity contribution is 5.85. The molecule has 4 aromatic rings. The highest BCUT2D eigenvalue weighted by atomic mass is 19.1. The summed E-state index contributed by atoms with van der Waals surface area (Å²) in [6.07, 6.45) is 1.76. The Labute approximate surface area is 143 Å². The first-order chi connectivity index (χ1) is 12.1. The Hall–Kier alpha value is -3.22. The van der Waals surface area contributed by atoms with Crippen LogP contribution in [-0.2, 0) is 0 Å². The molecule has 0 fully saturated rings. The van der Waals surface area contributed by atoms with Crippen molar-refractivity contribution in [3.63, 3.8) is 0 Å². The van der Waals surface area contributed by atoms with Gasteiger partial charge in [0.1, 0.15) is 5.82 Å². The Morgan fingerprint density at radius 2 is 2.08 bits per heavy atom. The molecule has 1 atom stereocenters. The summed E-state index contributed by atoms with van der Waals surface area (Å²) in [5.74, 6) is 0.140. The van der Waals surface area contributed by atoms with Crippen molar-refractivity contribution < 1.29 is 8.81 Å². The molecule has 25 heavy (non-hydrogen) atoms. The maximum Gasteiger partial charge on any atom is 0.316 e. The van der Waals surface area contributed by atoms with Crippen LogP contribution < -0.4 is 5.32 Å². The van der Waals surface area contributed by atoms with E-state index in [2.05, 4.69) is 25.7 Å². The molecule has 126 valence electrons. The quantitative estimate of drug-likeness (QED) is 0.582. The number of fused-ring (bicyclic) bond motifs is 1. The van der Waals surface area contributed by atoms with E-state index >= 15 is 0 Å². The van der Waals surface area contributed by atoms with E-state index in [1.54, 1.807) is 12.3 Å². The molecule has 0 aliphatic carbocycles. The van der Waals surface area contributed by atoms with Gasteiger partial charge in [-0.2, -0.15) is 5.10 Å². The molecule has 0 aliphatic heterocycles. The summed E-state index contributed by atoms with van der Waals surface area (Å²) in [5, 5.41) is 19.2. The number of nitrogens with zero attached hydrogens (tertiary/aromatic N) is 3. The number of nitrogens with one attached hydrogen (secondary N) is 2. The SMILES string of the molecule is Cc1cc(-c2nnc(N[C@H](C)c3cccc(F)c3)o2)cc2cn[nH]c12. The number of benzene rings is 2. The summed E-state index contributed by atoms with van der Waals surface area (Å²) in [7, 11) is 0. The first-order valence-electron chi connectivity index (χ1n) is 7.90. The van der Waals surface area contributed by atoms with Gasteiger partial charge >= 0.3 is 6.01 Å². The first kappa shape index (κ1) is 15.3. The molecule has 2 aromatic heterocycles. The van der Waals surface area contributed by atoms with E-state index in [1.165, 1.54) is 12.1 Å². The van der Waals surface area contributed by atoms with E-state index in [9.17, 15) is 4.39 Å². The minimum absolute atomic E-state index is 0.165. The molecule has 0 amide bonds. The topological polar surface area (TPSA) is 79.6 Å². The predicted octanol–water partition coefficient (Wildman–Crippen LogP) is 4.23. The number of aromatic amines is 1. The van der Waals surface area contributed by atoms with Crippen LogP contribution in [0, 0.1) is 12.7 Å². The molecule has 7 heteroatoms. The second-order valence-corrected chi connectivity index (χ2v) is 5.96. The average Bonchev–Trinajstić information content (AvgIpc) is 3.24. The Bertz CT molecular complexity index is 1040. The van der Waals surface area contributed by atoms with Gasteiger partial charge in [-0.05, 0) is 49.2 Å². The van der Waals surface area contributed by atoms with Crippen LogP contribution in [0.5, 0.6) is 0 Å². The van der Waals surface area contributed by atoms with Gasteiger partial charge in [0.15, 0.2) is 0 Å². The van der Waals surface area contributed by atoms with Gasteiger partial charge in [-0.3, -0.25) is 5.10 Å². The fraction of sp³-hybridized carbons (Fsp3) is 0.167. The fourth-order valence-electron chi connectivity index (χ4n) is 2.80. The number of anilines is 1. The van der Waals surface area contributed by atoms with Gasteiger partial charge in [-0.1, -0.05) is 17.2 Å². The molecule has 2 heterocycles. The predicted molar refractivity (Wildman–Crippen MR) is 92.6 cm³/mol. The van der Waals surface area contributed by atoms with Crippen LogP contribution in [0.3, 0.4) is 0 Å². The van der Waals surface area contributed by atoms with E-state index in [0.717, 1.165) is 27.6 Å². The highest BCUT2D eigenvalue weighted by Gasteiger charge is 2.14. The molecule has 0 saturated heterocycles. The van der Waals surface area contributed by atoms with Gasteiger partial charge in [0, 0.05) is 10.9 Å². The molecule has 0 bridgehead atoms. The normalized spacial score (nSPS) is 12.4. The maximum absolute atomic E-state index is 13.3. The largest absolute Gasteiger partial charge is 0.403 e. The highest BCUT2D eigenvalue weighted by Crippen LogP contribution is 2.27. The van der Waals surface area contributed by atoms with Crippen molar-refractivity contribution >= 4 is 16.9 Å². The number of aryl methyl sites for hydroxylation is 1. The van der Waals surface area contributed by atoms with Crippen molar-refractivity contribution in [1.82, 2.24) is 20.4 Å². The van der Waals surface area contributed by atoms with Crippen LogP contribution in [0.25, 0.3) is 22.4 Å². The second-order valence-electron chi connectivity index (χ2n) is 5.96. The zero-order chi connectivity index (χ0) is 17.4. The molecule has 4 rings (SSSR count). The van der Waals surface area contributed by atoms with Crippen LogP contribution >= 0.6 is 0 Å². The monoisotopic (exact) mass is 337 g/mol. The smallest absolute Gasteiger partial charge is 0.316 e. The molecule has 6 nitrogen and oxygen atoms in total. The van der Waals surface area contributed by atoms with Gasteiger partial charge in [0.05, 0.1) is 17.8 Å². The van der Waals surface area contributed by atoms with Gasteiger partial charge < -0.3 is 9.73 Å². The third kappa shape index (κ3) is 2.96. The number of H-pyrrole nitrogens is 1. The summed E-state index contributed by atoms with van der Waals surface area (Å²) in [6.45, 7) is 3.89. The van der Waals surface area contributed by atoms with Gasteiger partial charge in [0.2, 0.25) is 5.89 Å². The third-order valence-corrected chi connectivity index (χ3v) is 4.11. The Kier molecular flexibility index (Phi) is 3.68. The van der Waals surface area contributed by atoms with E-state index in [0.29, 0.717) is 5.89 Å². The van der Waals surface area contributed by atoms with Crippen molar-refractivity contribution in [3.8, 4) is 11.5 Å². The first-order valence-corrected chi connectivity index (χ1v) is 7.90. The van der Waals surface area contributed by atoms with Gasteiger partial charge in [-0.25, -0.2) is 4.39 Å². The van der Waals surface area contributed by atoms with Crippen molar-refractivity contribution in [2.24, 2.45) is 0 Å². The number of halogens is 1. The number of hydrogen-bond acceptors (Lipinski definition) is 5. The zero-order valence-electron chi connectivity index (χ0n) is 13.7. The number of rotatable bonds is 4. The summed E-state index contributed by atoms with van der Waals surface area (Å²) in [5.41, 5.74) is 3.66. The molecule has 0 unspecified atom stereocenters. The molecular weight excluding hydrogens is 321 g/mol. The lowest BCUT2D eigenvalue weighted by Gasteiger charge is -2.11. The standard InChI is InChI=1S/C18H16FN5O/c1-10-6-13(7-14-9-20-22-16(10)14)17-23-24-18(25-17)21-11(2)12-4-3-5-15(19)8-12/h3-9,11H,1-2H3,(H,20,22)(H,21,24)/t11-/m1/s1. The zero-order valence-corrected chi connectivity index (χ0v) is 13.7. The lowest BCUT2D eigenvalue weighted by atomic mass is 10.1. The average molecular weight is 337 g/mol. The Balaban J connectivity index is 1.59. The summed E-state index contributed by atoms with van der Waals surface area (Å²) >= 11 is 0. The third-order valence-electron chi connectivity index (χ3n) is 4.11. The number of aromatic nitrogens is 4. The summed E-state index contributed by atoms with van der Waals surface area (Å²) < 4.78 is 19.1. The minimum atomic E-state index is -0.277. The molecule has 2 aromatic carbocycles. The maximum atomic E-state index is 13.3.